The predicted molar refractivity (Wildman–Crippen MR) is 89.0 cm³/mol. The molecule has 0 saturated heterocycles. The van der Waals surface area contributed by atoms with E-state index in [4.69, 9.17) is 4.84 Å². The Morgan fingerprint density at radius 3 is 2.23 bits per heavy atom. The molecular formula is C18H11N3O5. The molecule has 8 nitrogen and oxygen atoms in total. The van der Waals surface area contributed by atoms with Gasteiger partial charge in [-0.05, 0) is 24.3 Å². The summed E-state index contributed by atoms with van der Waals surface area (Å²) in [6, 6.07) is 12.9. The lowest BCUT2D eigenvalue weighted by Crippen LogP contribution is -2.34. The second-order valence-electron chi connectivity index (χ2n) is 5.60. The standard InChI is InChI=1S/C18H11N3O5/c22-15-9-19-20(14-8-4-3-7-13(14)15)10-16(23)26-21-17(24)11-5-1-2-6-12(11)18(21)25/h1-9H,10H2. The fourth-order valence-electron chi connectivity index (χ4n) is 2.79. The van der Waals surface area contributed by atoms with Gasteiger partial charge in [-0.2, -0.15) is 5.10 Å². The summed E-state index contributed by atoms with van der Waals surface area (Å²) in [6.07, 6.45) is 1.09. The van der Waals surface area contributed by atoms with Gasteiger partial charge >= 0.3 is 5.97 Å². The topological polar surface area (TPSA) is 98.6 Å². The SMILES string of the molecule is O=C(Cn1ncc(=O)c2ccccc21)ON1C(=O)c2ccccc2C1=O. The Kier molecular flexibility index (Phi) is 3.58. The highest BCUT2D eigenvalue weighted by Gasteiger charge is 2.38. The predicted octanol–water partition coefficient (Wildman–Crippen LogP) is 1.15. The quantitative estimate of drug-likeness (QED) is 0.658. The van der Waals surface area contributed by atoms with Crippen LogP contribution in [-0.4, -0.2) is 32.6 Å². The van der Waals surface area contributed by atoms with Crippen LogP contribution in [0.4, 0.5) is 0 Å². The van der Waals surface area contributed by atoms with Crippen LogP contribution >= 0.6 is 0 Å². The minimum atomic E-state index is -0.860. The van der Waals surface area contributed by atoms with Gasteiger partial charge in [0.25, 0.3) is 11.8 Å². The molecule has 0 bridgehead atoms. The van der Waals surface area contributed by atoms with Gasteiger partial charge in [-0.3, -0.25) is 19.1 Å². The zero-order valence-corrected chi connectivity index (χ0v) is 13.3. The molecule has 1 aliphatic rings. The third kappa shape index (κ3) is 2.44. The molecule has 0 radical (unpaired) electrons. The van der Waals surface area contributed by atoms with Crippen LogP contribution in [0.2, 0.25) is 0 Å². The van der Waals surface area contributed by atoms with Crippen LogP contribution in [0.3, 0.4) is 0 Å². The van der Waals surface area contributed by atoms with Crippen LogP contribution in [-0.2, 0) is 16.2 Å². The molecule has 1 aromatic heterocycles. The van der Waals surface area contributed by atoms with E-state index in [9.17, 15) is 19.2 Å². The van der Waals surface area contributed by atoms with Gasteiger partial charge < -0.3 is 4.84 Å². The van der Waals surface area contributed by atoms with Gasteiger partial charge in [-0.15, -0.1) is 0 Å². The van der Waals surface area contributed by atoms with Gasteiger partial charge in [0, 0.05) is 5.39 Å². The fraction of sp³-hybridized carbons (Fsp3) is 0.0556. The third-order valence-electron chi connectivity index (χ3n) is 3.99. The van der Waals surface area contributed by atoms with E-state index < -0.39 is 17.8 Å². The van der Waals surface area contributed by atoms with Crippen LogP contribution in [0.1, 0.15) is 20.7 Å². The number of carbonyl (C=O) groups is 3. The molecular weight excluding hydrogens is 338 g/mol. The van der Waals surface area contributed by atoms with Crippen molar-refractivity contribution in [2.24, 2.45) is 0 Å². The summed E-state index contributed by atoms with van der Waals surface area (Å²) in [5, 5.41) is 4.75. The van der Waals surface area contributed by atoms with Gasteiger partial charge in [0.15, 0.2) is 0 Å². The van der Waals surface area contributed by atoms with Crippen molar-refractivity contribution in [1.29, 1.82) is 0 Å². The summed E-state index contributed by atoms with van der Waals surface area (Å²) in [4.78, 5) is 53.4. The minimum absolute atomic E-state index is 0.178. The van der Waals surface area contributed by atoms with E-state index in [1.807, 2.05) is 0 Å². The maximum Gasteiger partial charge on any atom is 0.354 e. The summed E-state index contributed by atoms with van der Waals surface area (Å²) in [7, 11) is 0. The Morgan fingerprint density at radius 2 is 1.54 bits per heavy atom. The van der Waals surface area contributed by atoms with E-state index in [2.05, 4.69) is 5.10 Å². The van der Waals surface area contributed by atoms with E-state index in [0.29, 0.717) is 16.0 Å². The molecule has 8 heteroatoms. The summed E-state index contributed by atoms with van der Waals surface area (Å²) in [5.41, 5.74) is 0.527. The number of benzene rings is 2. The Balaban J connectivity index is 1.58. The Morgan fingerprint density at radius 1 is 0.923 bits per heavy atom. The van der Waals surface area contributed by atoms with E-state index in [1.54, 1.807) is 36.4 Å². The number of hydroxylamine groups is 2. The molecule has 0 unspecified atom stereocenters. The van der Waals surface area contributed by atoms with E-state index in [1.165, 1.54) is 16.8 Å². The molecule has 2 heterocycles. The summed E-state index contributed by atoms with van der Waals surface area (Å²) in [5.74, 6) is -2.26. The number of carbonyl (C=O) groups excluding carboxylic acids is 3. The van der Waals surface area contributed by atoms with Gasteiger partial charge in [-0.25, -0.2) is 4.79 Å². The zero-order valence-electron chi connectivity index (χ0n) is 13.3. The summed E-state index contributed by atoms with van der Waals surface area (Å²) >= 11 is 0. The number of fused-ring (bicyclic) bond motifs is 2. The van der Waals surface area contributed by atoms with E-state index in [-0.39, 0.29) is 23.1 Å². The number of hydrogen-bond acceptors (Lipinski definition) is 6. The first-order valence-electron chi connectivity index (χ1n) is 7.70. The van der Waals surface area contributed by atoms with E-state index in [0.717, 1.165) is 6.20 Å². The van der Waals surface area contributed by atoms with E-state index >= 15 is 0 Å². The molecule has 2 aromatic carbocycles. The van der Waals surface area contributed by atoms with Crippen molar-refractivity contribution >= 4 is 28.7 Å². The Hall–Kier alpha value is -3.81. The van der Waals surface area contributed by atoms with Crippen LogP contribution in [0, 0.1) is 0 Å². The van der Waals surface area contributed by atoms with Crippen LogP contribution < -0.4 is 5.43 Å². The second-order valence-corrected chi connectivity index (χ2v) is 5.60. The van der Waals surface area contributed by atoms with Crippen molar-refractivity contribution in [3.8, 4) is 0 Å². The molecule has 128 valence electrons. The molecule has 26 heavy (non-hydrogen) atoms. The third-order valence-corrected chi connectivity index (χ3v) is 3.99. The number of aromatic nitrogens is 2. The normalized spacial score (nSPS) is 13.2. The highest BCUT2D eigenvalue weighted by Crippen LogP contribution is 2.22. The van der Waals surface area contributed by atoms with Crippen molar-refractivity contribution in [2.45, 2.75) is 6.54 Å². The van der Waals surface area contributed by atoms with Crippen LogP contribution in [0.5, 0.6) is 0 Å². The molecule has 0 spiro atoms. The first-order chi connectivity index (χ1) is 12.6. The number of imide groups is 1. The lowest BCUT2D eigenvalue weighted by Gasteiger charge is -2.14. The van der Waals surface area contributed by atoms with Crippen molar-refractivity contribution < 1.29 is 19.2 Å². The fourth-order valence-corrected chi connectivity index (χ4v) is 2.79. The molecule has 0 atom stereocenters. The first kappa shape index (κ1) is 15.7. The molecule has 0 saturated carbocycles. The number of hydrogen-bond donors (Lipinski definition) is 0. The molecule has 0 aliphatic carbocycles. The van der Waals surface area contributed by atoms with Gasteiger partial charge in [-0.1, -0.05) is 29.3 Å². The zero-order chi connectivity index (χ0) is 18.3. The summed E-state index contributed by atoms with van der Waals surface area (Å²) in [6.45, 7) is -0.367. The first-order valence-corrected chi connectivity index (χ1v) is 7.70. The number of para-hydroxylation sites is 1. The minimum Gasteiger partial charge on any atom is -0.328 e. The Labute approximate surface area is 146 Å². The molecule has 1 aliphatic heterocycles. The number of nitrogens with zero attached hydrogens (tertiary/aromatic N) is 3. The highest BCUT2D eigenvalue weighted by atomic mass is 16.7. The number of amides is 2. The largest absolute Gasteiger partial charge is 0.354 e. The van der Waals surface area contributed by atoms with Gasteiger partial charge in [0.05, 0.1) is 22.8 Å². The average Bonchev–Trinajstić information content (AvgIpc) is 2.90. The van der Waals surface area contributed by atoms with Crippen LogP contribution in [0.25, 0.3) is 10.9 Å². The molecule has 0 N–H and O–H groups in total. The van der Waals surface area contributed by atoms with Gasteiger partial charge in [0.2, 0.25) is 5.43 Å². The number of rotatable bonds is 3. The van der Waals surface area contributed by atoms with Crippen LogP contribution in [0.15, 0.2) is 59.5 Å². The lowest BCUT2D eigenvalue weighted by molar-refractivity contribution is -0.169. The average molecular weight is 349 g/mol. The lowest BCUT2D eigenvalue weighted by atomic mass is 10.1. The summed E-state index contributed by atoms with van der Waals surface area (Å²) < 4.78 is 1.28. The monoisotopic (exact) mass is 349 g/mol. The smallest absolute Gasteiger partial charge is 0.328 e. The second kappa shape index (κ2) is 5.92. The molecule has 0 fully saturated rings. The van der Waals surface area contributed by atoms with Crippen molar-refractivity contribution in [3.63, 3.8) is 0 Å². The maximum absolute atomic E-state index is 12.2. The highest BCUT2D eigenvalue weighted by molar-refractivity contribution is 6.20. The maximum atomic E-state index is 12.2. The van der Waals surface area contributed by atoms with Crippen molar-refractivity contribution in [2.75, 3.05) is 0 Å². The molecule has 3 aromatic rings. The Bertz CT molecular complexity index is 1100. The molecule has 2 amide bonds. The molecule has 4 rings (SSSR count). The van der Waals surface area contributed by atoms with Crippen molar-refractivity contribution in [3.05, 3.63) is 76.1 Å². The van der Waals surface area contributed by atoms with Gasteiger partial charge in [0.1, 0.15) is 6.54 Å². The van der Waals surface area contributed by atoms with Crippen molar-refractivity contribution in [1.82, 2.24) is 14.8 Å².